The van der Waals surface area contributed by atoms with Crippen LogP contribution in [0.25, 0.3) is 10.9 Å². The molecule has 0 amide bonds. The van der Waals surface area contributed by atoms with Crippen LogP contribution in [0.4, 0.5) is 13.2 Å². The highest BCUT2D eigenvalue weighted by Gasteiger charge is 2.38. The van der Waals surface area contributed by atoms with E-state index in [9.17, 15) is 18.0 Å². The van der Waals surface area contributed by atoms with Gasteiger partial charge < -0.3 is 4.57 Å². The van der Waals surface area contributed by atoms with Gasteiger partial charge in [0.2, 0.25) is 0 Å². The van der Waals surface area contributed by atoms with Crippen molar-refractivity contribution in [1.29, 1.82) is 0 Å². The van der Waals surface area contributed by atoms with E-state index in [0.717, 1.165) is 4.57 Å². The number of aryl methyl sites for hydroxylation is 2. The molecule has 0 aliphatic heterocycles. The molecular weight excluding hydrogens is 231 g/mol. The van der Waals surface area contributed by atoms with Crippen LogP contribution in [-0.4, -0.2) is 10.9 Å². The molecule has 0 saturated heterocycles. The zero-order valence-electron chi connectivity index (χ0n) is 9.30. The molecule has 0 fully saturated rings. The van der Waals surface area contributed by atoms with E-state index in [1.165, 1.54) is 13.1 Å². The number of aromatic nitrogens is 1. The number of hydrogen-bond donors (Lipinski definition) is 0. The van der Waals surface area contributed by atoms with Gasteiger partial charge in [0, 0.05) is 12.4 Å². The predicted octanol–water partition coefficient (Wildman–Crippen LogP) is 3.32. The first-order valence-electron chi connectivity index (χ1n) is 4.98. The summed E-state index contributed by atoms with van der Waals surface area (Å²) in [5, 5.41) is 0.342. The normalized spacial score (nSPS) is 12.1. The lowest BCUT2D eigenvalue weighted by Crippen LogP contribution is -2.13. The van der Waals surface area contributed by atoms with E-state index in [4.69, 9.17) is 0 Å². The van der Waals surface area contributed by atoms with Crippen LogP contribution in [0.2, 0.25) is 0 Å². The Morgan fingerprint density at radius 1 is 1.29 bits per heavy atom. The maximum absolute atomic E-state index is 12.9. The van der Waals surface area contributed by atoms with Gasteiger partial charge in [0.25, 0.3) is 0 Å². The van der Waals surface area contributed by atoms with Crippen LogP contribution in [0.15, 0.2) is 18.2 Å². The van der Waals surface area contributed by atoms with Gasteiger partial charge in [0.15, 0.2) is 6.29 Å². The molecule has 2 nitrogen and oxygen atoms in total. The number of carbonyl (C=O) groups excluding carboxylic acids is 1. The first kappa shape index (κ1) is 11.7. The molecule has 0 atom stereocenters. The number of para-hydroxylation sites is 1. The molecule has 1 heterocycles. The Labute approximate surface area is 95.7 Å². The van der Waals surface area contributed by atoms with E-state index in [-0.39, 0.29) is 11.8 Å². The van der Waals surface area contributed by atoms with E-state index in [2.05, 4.69) is 0 Å². The summed E-state index contributed by atoms with van der Waals surface area (Å²) in [5.74, 6) is 0. The number of rotatable bonds is 1. The Morgan fingerprint density at radius 2 is 1.94 bits per heavy atom. The first-order valence-corrected chi connectivity index (χ1v) is 4.98. The van der Waals surface area contributed by atoms with Crippen LogP contribution in [0.5, 0.6) is 0 Å². The number of aldehydes is 1. The molecule has 1 aromatic carbocycles. The van der Waals surface area contributed by atoms with Crippen molar-refractivity contribution in [2.45, 2.75) is 13.1 Å². The first-order chi connectivity index (χ1) is 7.88. The van der Waals surface area contributed by atoms with Crippen molar-refractivity contribution in [3.05, 3.63) is 35.0 Å². The summed E-state index contributed by atoms with van der Waals surface area (Å²) in [7, 11) is 1.32. The molecule has 0 bridgehead atoms. The lowest BCUT2D eigenvalue weighted by molar-refractivity contribution is -0.143. The third-order valence-corrected chi connectivity index (χ3v) is 2.84. The summed E-state index contributed by atoms with van der Waals surface area (Å²) in [6.45, 7) is 1.72. The fourth-order valence-electron chi connectivity index (χ4n) is 2.20. The second-order valence-corrected chi connectivity index (χ2v) is 3.91. The van der Waals surface area contributed by atoms with E-state index in [1.54, 1.807) is 19.1 Å². The van der Waals surface area contributed by atoms with Crippen LogP contribution < -0.4 is 0 Å². The third-order valence-electron chi connectivity index (χ3n) is 2.84. The van der Waals surface area contributed by atoms with Gasteiger partial charge in [0.05, 0.1) is 11.1 Å². The minimum absolute atomic E-state index is 0.268. The minimum Gasteiger partial charge on any atom is -0.339 e. The van der Waals surface area contributed by atoms with Crippen LogP contribution >= 0.6 is 0 Å². The van der Waals surface area contributed by atoms with Crippen molar-refractivity contribution >= 4 is 17.2 Å². The zero-order valence-corrected chi connectivity index (χ0v) is 9.30. The van der Waals surface area contributed by atoms with Gasteiger partial charge in [-0.1, -0.05) is 18.2 Å². The van der Waals surface area contributed by atoms with E-state index < -0.39 is 11.9 Å². The standard InChI is InChI=1S/C12H10F3NO/c1-7-4-3-5-8-9(6-17)11(12(13,14)15)16(2)10(7)8/h3-6H,1-2H3. The Hall–Kier alpha value is -1.78. The predicted molar refractivity (Wildman–Crippen MR) is 58.0 cm³/mol. The smallest absolute Gasteiger partial charge is 0.339 e. The van der Waals surface area contributed by atoms with E-state index in [0.29, 0.717) is 16.5 Å². The second kappa shape index (κ2) is 3.61. The van der Waals surface area contributed by atoms with Crippen LogP contribution in [0, 0.1) is 6.92 Å². The van der Waals surface area contributed by atoms with Gasteiger partial charge in [-0.15, -0.1) is 0 Å². The maximum atomic E-state index is 12.9. The average Bonchev–Trinajstić information content (AvgIpc) is 2.52. The lowest BCUT2D eigenvalue weighted by atomic mass is 10.1. The molecule has 2 aromatic rings. The molecule has 0 aliphatic carbocycles. The highest BCUT2D eigenvalue weighted by Crippen LogP contribution is 2.37. The largest absolute Gasteiger partial charge is 0.432 e. The number of carbonyl (C=O) groups is 1. The summed E-state index contributed by atoms with van der Waals surface area (Å²) < 4.78 is 39.7. The molecule has 17 heavy (non-hydrogen) atoms. The molecule has 2 rings (SSSR count). The van der Waals surface area contributed by atoms with E-state index in [1.807, 2.05) is 0 Å². The SMILES string of the molecule is Cc1cccc2c(C=O)c(C(F)(F)F)n(C)c12. The summed E-state index contributed by atoms with van der Waals surface area (Å²) >= 11 is 0. The molecule has 0 saturated carbocycles. The summed E-state index contributed by atoms with van der Waals surface area (Å²) in [6, 6.07) is 4.89. The number of alkyl halides is 3. The van der Waals surface area contributed by atoms with Gasteiger partial charge in [-0.2, -0.15) is 13.2 Å². The Kier molecular flexibility index (Phi) is 2.49. The molecule has 0 spiro atoms. The lowest BCUT2D eigenvalue weighted by Gasteiger charge is -2.09. The molecule has 90 valence electrons. The fraction of sp³-hybridized carbons (Fsp3) is 0.250. The van der Waals surface area contributed by atoms with Gasteiger partial charge in [-0.3, -0.25) is 4.79 Å². The number of hydrogen-bond acceptors (Lipinski definition) is 1. The highest BCUT2D eigenvalue weighted by atomic mass is 19.4. The number of halogens is 3. The van der Waals surface area contributed by atoms with Crippen molar-refractivity contribution in [3.8, 4) is 0 Å². The summed E-state index contributed by atoms with van der Waals surface area (Å²) in [6.07, 6.45) is -4.26. The van der Waals surface area contributed by atoms with Gasteiger partial charge in [-0.05, 0) is 12.5 Å². The van der Waals surface area contributed by atoms with Gasteiger partial charge in [-0.25, -0.2) is 0 Å². The molecule has 1 aromatic heterocycles. The maximum Gasteiger partial charge on any atom is 0.432 e. The van der Waals surface area contributed by atoms with Crippen molar-refractivity contribution in [2.24, 2.45) is 7.05 Å². The van der Waals surface area contributed by atoms with Crippen LogP contribution in [0.1, 0.15) is 21.6 Å². The summed E-state index contributed by atoms with van der Waals surface area (Å²) in [4.78, 5) is 10.9. The van der Waals surface area contributed by atoms with Crippen molar-refractivity contribution in [3.63, 3.8) is 0 Å². The van der Waals surface area contributed by atoms with Crippen molar-refractivity contribution in [1.82, 2.24) is 4.57 Å². The molecule has 0 unspecified atom stereocenters. The highest BCUT2D eigenvalue weighted by molar-refractivity contribution is 6.00. The molecule has 5 heteroatoms. The van der Waals surface area contributed by atoms with E-state index >= 15 is 0 Å². The zero-order chi connectivity index (χ0) is 12.8. The monoisotopic (exact) mass is 241 g/mol. The third kappa shape index (κ3) is 1.62. The Balaban J connectivity index is 2.99. The Morgan fingerprint density at radius 3 is 2.47 bits per heavy atom. The second-order valence-electron chi connectivity index (χ2n) is 3.91. The van der Waals surface area contributed by atoms with Crippen LogP contribution in [0.3, 0.4) is 0 Å². The van der Waals surface area contributed by atoms with Crippen molar-refractivity contribution < 1.29 is 18.0 Å². The molecule has 0 N–H and O–H groups in total. The quantitative estimate of drug-likeness (QED) is 0.702. The number of fused-ring (bicyclic) bond motifs is 1. The fourth-order valence-corrected chi connectivity index (χ4v) is 2.20. The van der Waals surface area contributed by atoms with Crippen LogP contribution in [-0.2, 0) is 13.2 Å². The topological polar surface area (TPSA) is 22.0 Å². The van der Waals surface area contributed by atoms with Crippen molar-refractivity contribution in [2.75, 3.05) is 0 Å². The molecule has 0 radical (unpaired) electrons. The molecular formula is C12H10F3NO. The summed E-state index contributed by atoms with van der Waals surface area (Å²) in [5.41, 5.74) is -0.0268. The Bertz CT molecular complexity index is 596. The number of nitrogens with zero attached hydrogens (tertiary/aromatic N) is 1. The molecule has 0 aliphatic rings. The minimum atomic E-state index is -4.53. The van der Waals surface area contributed by atoms with Gasteiger partial charge in [0.1, 0.15) is 5.69 Å². The van der Waals surface area contributed by atoms with Gasteiger partial charge >= 0.3 is 6.18 Å². The average molecular weight is 241 g/mol. The number of benzene rings is 1.